The molecule has 0 aliphatic heterocycles. The topological polar surface area (TPSA) is 58.6 Å². The summed E-state index contributed by atoms with van der Waals surface area (Å²) in [5.41, 5.74) is 0.913. The lowest BCUT2D eigenvalue weighted by Crippen LogP contribution is -2.50. The fraction of sp³-hybridized carbons (Fsp3) is 0.364. The molecule has 0 aliphatic rings. The van der Waals surface area contributed by atoms with Gasteiger partial charge in [-0.3, -0.25) is 9.59 Å². The molecule has 0 spiro atoms. The van der Waals surface area contributed by atoms with Crippen LogP contribution in [0.5, 0.6) is 5.75 Å². The van der Waals surface area contributed by atoms with Crippen LogP contribution in [0, 0.1) is 0 Å². The number of rotatable bonds is 9. The molecule has 0 aliphatic carbocycles. The zero-order valence-corrected chi connectivity index (χ0v) is 21.1. The van der Waals surface area contributed by atoms with Crippen molar-refractivity contribution in [3.8, 4) is 5.75 Å². The molecule has 2 atom stereocenters. The van der Waals surface area contributed by atoms with Crippen molar-refractivity contribution in [2.75, 3.05) is 6.61 Å². The van der Waals surface area contributed by atoms with Crippen LogP contribution in [0.2, 0.25) is 5.02 Å². The molecule has 0 bridgehead atoms. The van der Waals surface area contributed by atoms with Gasteiger partial charge in [0.05, 0.1) is 5.02 Å². The summed E-state index contributed by atoms with van der Waals surface area (Å²) in [6, 6.07) is 12.2. The minimum absolute atomic E-state index is 0.0300. The van der Waals surface area contributed by atoms with Crippen molar-refractivity contribution in [3.05, 3.63) is 62.0 Å². The normalized spacial score (nSPS) is 12.7. The maximum absolute atomic E-state index is 13.0. The van der Waals surface area contributed by atoms with Gasteiger partial charge in [0.25, 0.3) is 5.91 Å². The second-order valence-electron chi connectivity index (χ2n) is 7.01. The summed E-state index contributed by atoms with van der Waals surface area (Å²) in [4.78, 5) is 27.2. The van der Waals surface area contributed by atoms with Gasteiger partial charge < -0.3 is 15.0 Å². The maximum Gasteiger partial charge on any atom is 0.261 e. The highest BCUT2D eigenvalue weighted by atomic mass is 79.9. The smallest absolute Gasteiger partial charge is 0.261 e. The third-order valence-electron chi connectivity index (χ3n) is 4.68. The molecule has 0 aromatic heterocycles. The largest absolute Gasteiger partial charge is 0.482 e. The number of carbonyl (C=O) groups excluding carboxylic acids is 2. The summed E-state index contributed by atoms with van der Waals surface area (Å²) in [7, 11) is 0. The van der Waals surface area contributed by atoms with Gasteiger partial charge in [0.15, 0.2) is 6.61 Å². The van der Waals surface area contributed by atoms with Crippen molar-refractivity contribution in [3.63, 3.8) is 0 Å². The first kappa shape index (κ1) is 24.7. The van der Waals surface area contributed by atoms with E-state index in [1.807, 2.05) is 38.1 Å². The number of halogens is 3. The quantitative estimate of drug-likeness (QED) is 0.436. The van der Waals surface area contributed by atoms with E-state index in [0.29, 0.717) is 17.3 Å². The molecular formula is C22H25Br2ClN2O3. The standard InChI is InChI=1S/C22H25Br2ClN2O3/c1-4-14(2)26-22(29)15(3)27(12-16-5-7-17(23)8-6-16)21(28)13-30-20-10-9-18(24)11-19(20)25/h5-11,14-15H,4,12-13H2,1-3H3,(H,26,29)/t14-,15+/m0/s1. The van der Waals surface area contributed by atoms with Gasteiger partial charge >= 0.3 is 0 Å². The highest BCUT2D eigenvalue weighted by Gasteiger charge is 2.27. The minimum atomic E-state index is -0.654. The van der Waals surface area contributed by atoms with Crippen LogP contribution in [0.1, 0.15) is 32.8 Å². The Morgan fingerprint density at radius 2 is 1.73 bits per heavy atom. The molecule has 2 amide bonds. The SMILES string of the molecule is CC[C@H](C)NC(=O)[C@@H](C)N(Cc1ccc(Br)cc1)C(=O)COc1ccc(Br)cc1Cl. The third kappa shape index (κ3) is 7.29. The van der Waals surface area contributed by atoms with Gasteiger partial charge in [-0.15, -0.1) is 0 Å². The number of hydrogen-bond donors (Lipinski definition) is 1. The first-order chi connectivity index (χ1) is 14.2. The number of nitrogens with one attached hydrogen (secondary N) is 1. The molecule has 2 aromatic rings. The zero-order valence-electron chi connectivity index (χ0n) is 17.1. The van der Waals surface area contributed by atoms with Gasteiger partial charge in [0.1, 0.15) is 11.8 Å². The minimum Gasteiger partial charge on any atom is -0.482 e. The van der Waals surface area contributed by atoms with E-state index in [4.69, 9.17) is 16.3 Å². The molecule has 0 heterocycles. The molecule has 0 fully saturated rings. The van der Waals surface area contributed by atoms with E-state index in [9.17, 15) is 9.59 Å². The zero-order chi connectivity index (χ0) is 22.3. The molecule has 8 heteroatoms. The van der Waals surface area contributed by atoms with Crippen LogP contribution in [0.3, 0.4) is 0 Å². The lowest BCUT2D eigenvalue weighted by molar-refractivity contribution is -0.142. The average Bonchev–Trinajstić information content (AvgIpc) is 2.71. The van der Waals surface area contributed by atoms with Crippen LogP contribution in [0.15, 0.2) is 51.4 Å². The van der Waals surface area contributed by atoms with Crippen molar-refractivity contribution in [1.29, 1.82) is 0 Å². The van der Waals surface area contributed by atoms with E-state index in [1.165, 1.54) is 4.90 Å². The van der Waals surface area contributed by atoms with Crippen molar-refractivity contribution in [2.24, 2.45) is 0 Å². The highest BCUT2D eigenvalue weighted by molar-refractivity contribution is 9.10. The first-order valence-corrected chi connectivity index (χ1v) is 11.6. The number of hydrogen-bond acceptors (Lipinski definition) is 3. The number of carbonyl (C=O) groups is 2. The van der Waals surface area contributed by atoms with Gasteiger partial charge in [-0.05, 0) is 56.2 Å². The van der Waals surface area contributed by atoms with Gasteiger partial charge in [0.2, 0.25) is 5.91 Å². The Hall–Kier alpha value is -1.57. The lowest BCUT2D eigenvalue weighted by atomic mass is 10.1. The van der Waals surface area contributed by atoms with E-state index in [-0.39, 0.29) is 24.5 Å². The summed E-state index contributed by atoms with van der Waals surface area (Å²) in [6.45, 7) is 5.72. The van der Waals surface area contributed by atoms with Gasteiger partial charge in [0, 0.05) is 21.5 Å². The third-order valence-corrected chi connectivity index (χ3v) is 6.00. The van der Waals surface area contributed by atoms with Crippen molar-refractivity contribution in [2.45, 2.75) is 45.8 Å². The van der Waals surface area contributed by atoms with E-state index in [0.717, 1.165) is 20.9 Å². The van der Waals surface area contributed by atoms with Gasteiger partial charge in [-0.25, -0.2) is 0 Å². The Morgan fingerprint density at radius 1 is 1.10 bits per heavy atom. The predicted octanol–water partition coefficient (Wildman–Crippen LogP) is 5.58. The van der Waals surface area contributed by atoms with E-state index in [1.54, 1.807) is 25.1 Å². The van der Waals surface area contributed by atoms with Crippen LogP contribution < -0.4 is 10.1 Å². The molecule has 30 heavy (non-hydrogen) atoms. The molecule has 2 aromatic carbocycles. The van der Waals surface area contributed by atoms with E-state index >= 15 is 0 Å². The Kier molecular flexibility index (Phi) is 9.65. The fourth-order valence-corrected chi connectivity index (χ4v) is 3.64. The van der Waals surface area contributed by atoms with Crippen LogP contribution in [0.25, 0.3) is 0 Å². The molecule has 5 nitrogen and oxygen atoms in total. The molecule has 0 saturated heterocycles. The summed E-state index contributed by atoms with van der Waals surface area (Å²) < 4.78 is 7.40. The summed E-state index contributed by atoms with van der Waals surface area (Å²) in [5, 5.41) is 3.34. The summed E-state index contributed by atoms with van der Waals surface area (Å²) in [5.74, 6) is -0.0892. The predicted molar refractivity (Wildman–Crippen MR) is 127 cm³/mol. The summed E-state index contributed by atoms with van der Waals surface area (Å²) >= 11 is 12.9. The number of amides is 2. The fourth-order valence-electron chi connectivity index (χ4n) is 2.65. The second-order valence-corrected chi connectivity index (χ2v) is 9.24. The molecule has 162 valence electrons. The van der Waals surface area contributed by atoms with E-state index < -0.39 is 6.04 Å². The number of ether oxygens (including phenoxy) is 1. The Morgan fingerprint density at radius 3 is 2.33 bits per heavy atom. The molecule has 0 radical (unpaired) electrons. The molecule has 0 saturated carbocycles. The van der Waals surface area contributed by atoms with E-state index in [2.05, 4.69) is 37.2 Å². The Labute approximate surface area is 199 Å². The number of nitrogens with zero attached hydrogens (tertiary/aromatic N) is 1. The van der Waals surface area contributed by atoms with Gasteiger partial charge in [-0.2, -0.15) is 0 Å². The summed E-state index contributed by atoms with van der Waals surface area (Å²) in [6.07, 6.45) is 0.810. The molecule has 2 rings (SSSR count). The van der Waals surface area contributed by atoms with Crippen LogP contribution in [0.4, 0.5) is 0 Å². The van der Waals surface area contributed by atoms with Crippen molar-refractivity contribution >= 4 is 55.3 Å². The monoisotopic (exact) mass is 558 g/mol. The lowest BCUT2D eigenvalue weighted by Gasteiger charge is -2.29. The maximum atomic E-state index is 13.0. The van der Waals surface area contributed by atoms with Crippen LogP contribution in [-0.2, 0) is 16.1 Å². The van der Waals surface area contributed by atoms with Crippen molar-refractivity contribution in [1.82, 2.24) is 10.2 Å². The Balaban J connectivity index is 2.16. The number of benzene rings is 2. The molecule has 1 N–H and O–H groups in total. The molecular weight excluding hydrogens is 536 g/mol. The Bertz CT molecular complexity index is 877. The van der Waals surface area contributed by atoms with Crippen LogP contribution in [-0.4, -0.2) is 35.4 Å². The average molecular weight is 561 g/mol. The van der Waals surface area contributed by atoms with Gasteiger partial charge in [-0.1, -0.05) is 62.5 Å². The highest BCUT2D eigenvalue weighted by Crippen LogP contribution is 2.27. The van der Waals surface area contributed by atoms with Crippen LogP contribution >= 0.6 is 43.5 Å². The molecule has 0 unspecified atom stereocenters. The second kappa shape index (κ2) is 11.7. The van der Waals surface area contributed by atoms with Crippen molar-refractivity contribution < 1.29 is 14.3 Å². The first-order valence-electron chi connectivity index (χ1n) is 9.63.